The molecule has 0 saturated heterocycles. The Balaban J connectivity index is 2.04. The van der Waals surface area contributed by atoms with Crippen LogP contribution in [-0.4, -0.2) is 55.8 Å². The van der Waals surface area contributed by atoms with Crippen LogP contribution in [0.2, 0.25) is 0 Å². The normalized spacial score (nSPS) is 12.6. The van der Waals surface area contributed by atoms with Crippen molar-refractivity contribution in [1.29, 1.82) is 0 Å². The number of amides is 2. The van der Waals surface area contributed by atoms with Crippen molar-refractivity contribution in [2.45, 2.75) is 77.5 Å². The molecule has 0 atom stereocenters. The second kappa shape index (κ2) is 14.6. The van der Waals surface area contributed by atoms with Gasteiger partial charge in [-0.3, -0.25) is 9.08 Å². The van der Waals surface area contributed by atoms with Gasteiger partial charge in [0.15, 0.2) is 0 Å². The van der Waals surface area contributed by atoms with Crippen molar-refractivity contribution in [2.75, 3.05) is 13.2 Å². The minimum absolute atomic E-state index is 0.0464. The highest BCUT2D eigenvalue weighted by atomic mass is 79.9. The number of amidine groups is 1. The molecule has 41 heavy (non-hydrogen) atoms. The standard InChI is InChI=1S/C28H36Br2N2O8S/c1-19(31-25(33)39-27(2,3)4)32(26(34)40-28(5,6)7)18-20-9-14-24(23(30)17-20)37-15-8-16-38-41(35,36)22-12-10-21(29)11-13-22/h9-14,17H,8,15-16,18H2,1-7H3. The molecule has 226 valence electrons. The van der Waals surface area contributed by atoms with Crippen LogP contribution >= 0.6 is 31.9 Å². The summed E-state index contributed by atoms with van der Waals surface area (Å²) >= 11 is 6.74. The minimum Gasteiger partial charge on any atom is -0.492 e. The zero-order valence-electron chi connectivity index (χ0n) is 24.2. The summed E-state index contributed by atoms with van der Waals surface area (Å²) in [7, 11) is -3.86. The second-order valence-electron chi connectivity index (χ2n) is 10.9. The number of carbonyl (C=O) groups excluding carboxylic acids is 2. The molecule has 0 N–H and O–H groups in total. The van der Waals surface area contributed by atoms with Gasteiger partial charge in [0, 0.05) is 10.9 Å². The van der Waals surface area contributed by atoms with E-state index in [1.807, 2.05) is 0 Å². The lowest BCUT2D eigenvalue weighted by Crippen LogP contribution is -2.40. The van der Waals surface area contributed by atoms with Gasteiger partial charge in [-0.1, -0.05) is 22.0 Å². The molecule has 2 aromatic carbocycles. The SMILES string of the molecule is CC(=NC(=O)OC(C)(C)C)N(Cc1ccc(OCCCOS(=O)(=O)c2ccc(Br)cc2)c(Br)c1)C(=O)OC(C)(C)C. The topological polar surface area (TPSA) is 121 Å². The molecule has 0 bridgehead atoms. The number of hydrogen-bond acceptors (Lipinski definition) is 8. The Hall–Kier alpha value is -2.48. The summed E-state index contributed by atoms with van der Waals surface area (Å²) in [4.78, 5) is 30.5. The maximum absolute atomic E-state index is 13.0. The van der Waals surface area contributed by atoms with Crippen LogP contribution in [0.5, 0.6) is 5.75 Å². The molecule has 0 aromatic heterocycles. The van der Waals surface area contributed by atoms with E-state index in [2.05, 4.69) is 36.9 Å². The van der Waals surface area contributed by atoms with Crippen molar-refractivity contribution in [2.24, 2.45) is 4.99 Å². The Bertz CT molecular complexity index is 1350. The van der Waals surface area contributed by atoms with Crippen LogP contribution in [0.4, 0.5) is 9.59 Å². The first kappa shape index (κ1) is 34.7. The Morgan fingerprint density at radius 2 is 1.51 bits per heavy atom. The van der Waals surface area contributed by atoms with Gasteiger partial charge in [-0.25, -0.2) is 9.59 Å². The average Bonchev–Trinajstić information content (AvgIpc) is 2.81. The Morgan fingerprint density at radius 1 is 0.902 bits per heavy atom. The Morgan fingerprint density at radius 3 is 2.07 bits per heavy atom. The van der Waals surface area contributed by atoms with Gasteiger partial charge < -0.3 is 14.2 Å². The molecule has 0 saturated carbocycles. The van der Waals surface area contributed by atoms with Crippen LogP contribution in [0.15, 0.2) is 61.3 Å². The number of halogens is 2. The number of rotatable bonds is 9. The maximum Gasteiger partial charge on any atom is 0.435 e. The predicted molar refractivity (Wildman–Crippen MR) is 163 cm³/mol. The maximum atomic E-state index is 13.0. The van der Waals surface area contributed by atoms with Crippen LogP contribution in [0.3, 0.4) is 0 Å². The van der Waals surface area contributed by atoms with E-state index >= 15 is 0 Å². The first-order valence-corrected chi connectivity index (χ1v) is 15.7. The number of benzene rings is 2. The molecule has 0 radical (unpaired) electrons. The van der Waals surface area contributed by atoms with Crippen molar-refractivity contribution in [3.63, 3.8) is 0 Å². The molecule has 0 heterocycles. The lowest BCUT2D eigenvalue weighted by atomic mass is 10.2. The van der Waals surface area contributed by atoms with Crippen LogP contribution in [0.1, 0.15) is 60.5 Å². The van der Waals surface area contributed by atoms with E-state index in [1.54, 1.807) is 71.9 Å². The number of ether oxygens (including phenoxy) is 3. The molecule has 10 nitrogen and oxygen atoms in total. The van der Waals surface area contributed by atoms with E-state index in [-0.39, 0.29) is 30.5 Å². The van der Waals surface area contributed by atoms with Crippen molar-refractivity contribution >= 4 is 60.0 Å². The van der Waals surface area contributed by atoms with E-state index in [0.717, 1.165) is 4.47 Å². The lowest BCUT2D eigenvalue weighted by Gasteiger charge is -2.27. The van der Waals surface area contributed by atoms with Gasteiger partial charge in [0.2, 0.25) is 0 Å². The zero-order chi connectivity index (χ0) is 31.0. The van der Waals surface area contributed by atoms with E-state index < -0.39 is 33.5 Å². The van der Waals surface area contributed by atoms with Gasteiger partial charge in [0.1, 0.15) is 22.8 Å². The second-order valence-corrected chi connectivity index (χ2v) is 14.3. The number of carbonyl (C=O) groups is 2. The lowest BCUT2D eigenvalue weighted by molar-refractivity contribution is 0.0357. The van der Waals surface area contributed by atoms with Gasteiger partial charge in [-0.2, -0.15) is 13.4 Å². The van der Waals surface area contributed by atoms with Crippen LogP contribution < -0.4 is 4.74 Å². The minimum atomic E-state index is -3.86. The van der Waals surface area contributed by atoms with Crippen molar-refractivity contribution in [1.82, 2.24) is 4.90 Å². The largest absolute Gasteiger partial charge is 0.492 e. The highest BCUT2D eigenvalue weighted by Crippen LogP contribution is 2.27. The average molecular weight is 720 g/mol. The molecule has 0 aliphatic heterocycles. The molecule has 0 fully saturated rings. The molecule has 2 aromatic rings. The molecule has 2 amide bonds. The highest BCUT2D eigenvalue weighted by molar-refractivity contribution is 9.10. The van der Waals surface area contributed by atoms with Gasteiger partial charge in [-0.05, 0) is 106 Å². The van der Waals surface area contributed by atoms with E-state index in [9.17, 15) is 18.0 Å². The molecule has 2 rings (SSSR count). The summed E-state index contributed by atoms with van der Waals surface area (Å²) in [6.07, 6.45) is -1.16. The fourth-order valence-electron chi connectivity index (χ4n) is 3.13. The summed E-state index contributed by atoms with van der Waals surface area (Å²) in [6, 6.07) is 11.4. The third kappa shape index (κ3) is 12.5. The van der Waals surface area contributed by atoms with Gasteiger partial charge >= 0.3 is 12.2 Å². The summed E-state index contributed by atoms with van der Waals surface area (Å²) < 4.78 is 47.6. The third-order valence-corrected chi connectivity index (χ3v) is 7.35. The molecule has 0 unspecified atom stereocenters. The van der Waals surface area contributed by atoms with Gasteiger partial charge in [-0.15, -0.1) is 0 Å². The summed E-state index contributed by atoms with van der Waals surface area (Å²) in [5.41, 5.74) is -0.794. The summed E-state index contributed by atoms with van der Waals surface area (Å²) in [5.74, 6) is 0.635. The fraction of sp³-hybridized carbons (Fsp3) is 0.464. The van der Waals surface area contributed by atoms with E-state index in [0.29, 0.717) is 22.2 Å². The molecule has 0 spiro atoms. The van der Waals surface area contributed by atoms with Crippen molar-refractivity contribution in [3.05, 3.63) is 57.0 Å². The third-order valence-electron chi connectivity index (χ3n) is 4.88. The van der Waals surface area contributed by atoms with Gasteiger partial charge in [0.05, 0.1) is 29.1 Å². The number of nitrogens with zero attached hydrogens (tertiary/aromatic N) is 2. The van der Waals surface area contributed by atoms with E-state index in [4.69, 9.17) is 18.4 Å². The first-order valence-electron chi connectivity index (χ1n) is 12.7. The predicted octanol–water partition coefficient (Wildman–Crippen LogP) is 7.48. The first-order chi connectivity index (χ1) is 18.9. The van der Waals surface area contributed by atoms with Crippen LogP contribution in [-0.2, 0) is 30.3 Å². The van der Waals surface area contributed by atoms with E-state index in [1.165, 1.54) is 24.0 Å². The summed E-state index contributed by atoms with van der Waals surface area (Å²) in [6.45, 7) is 12.2. The summed E-state index contributed by atoms with van der Waals surface area (Å²) in [5, 5.41) is 0. The Kier molecular flexibility index (Phi) is 12.4. The van der Waals surface area contributed by atoms with Crippen LogP contribution in [0.25, 0.3) is 0 Å². The fourth-order valence-corrected chi connectivity index (χ4v) is 4.87. The van der Waals surface area contributed by atoms with Gasteiger partial charge in [0.25, 0.3) is 10.1 Å². The highest BCUT2D eigenvalue weighted by Gasteiger charge is 2.26. The molecule has 13 heteroatoms. The smallest absolute Gasteiger partial charge is 0.435 e. The zero-order valence-corrected chi connectivity index (χ0v) is 28.2. The number of hydrogen-bond donors (Lipinski definition) is 0. The van der Waals surface area contributed by atoms with Crippen molar-refractivity contribution < 1.29 is 36.4 Å². The molecular weight excluding hydrogens is 684 g/mol. The van der Waals surface area contributed by atoms with Crippen molar-refractivity contribution in [3.8, 4) is 5.75 Å². The number of aliphatic imine (C=N–C) groups is 1. The quantitative estimate of drug-likeness (QED) is 0.113. The molecular formula is C28H36Br2N2O8S. The monoisotopic (exact) mass is 718 g/mol. The molecule has 0 aliphatic rings. The Labute approximate surface area is 258 Å². The van der Waals surface area contributed by atoms with Crippen LogP contribution in [0, 0.1) is 0 Å². The molecule has 0 aliphatic carbocycles.